The molecule has 1 aromatic rings. The molecule has 0 atom stereocenters. The second kappa shape index (κ2) is 10.8. The van der Waals surface area contributed by atoms with Crippen molar-refractivity contribution in [2.45, 2.75) is 20.4 Å². The summed E-state index contributed by atoms with van der Waals surface area (Å²) in [6, 6.07) is 6.21. The predicted octanol–water partition coefficient (Wildman–Crippen LogP) is 1.22. The molecule has 0 saturated carbocycles. The number of rotatable bonds is 4. The van der Waals surface area contributed by atoms with Gasteiger partial charge in [0.05, 0.1) is 0 Å². The molecule has 1 fully saturated rings. The third-order valence-electron chi connectivity index (χ3n) is 4.35. The number of carboxylic acids is 2. The summed E-state index contributed by atoms with van der Waals surface area (Å²) in [5, 5.41) is 19.0. The maximum absolute atomic E-state index is 9.10. The predicted molar refractivity (Wildman–Crippen MR) is 110 cm³/mol. The number of hydrogen-bond donors (Lipinski definition) is 3. The molecule has 29 heavy (non-hydrogen) atoms. The first-order chi connectivity index (χ1) is 13.8. The van der Waals surface area contributed by atoms with Gasteiger partial charge in [0.1, 0.15) is 0 Å². The monoisotopic (exact) mass is 425 g/mol. The van der Waals surface area contributed by atoms with Gasteiger partial charge in [-0.2, -0.15) is 0 Å². The Morgan fingerprint density at radius 2 is 1.72 bits per heavy atom. The van der Waals surface area contributed by atoms with Crippen LogP contribution < -0.4 is 14.8 Å². The van der Waals surface area contributed by atoms with Crippen LogP contribution in [-0.2, 0) is 16.1 Å². The fourth-order valence-electron chi connectivity index (χ4n) is 2.81. The molecule has 2 aliphatic rings. The molecule has 3 N–H and O–H groups in total. The summed E-state index contributed by atoms with van der Waals surface area (Å²) in [6.45, 7) is 10.6. The van der Waals surface area contributed by atoms with Gasteiger partial charge in [-0.05, 0) is 35.8 Å². The highest BCUT2D eigenvalue weighted by Crippen LogP contribution is 2.32. The van der Waals surface area contributed by atoms with E-state index in [1.54, 1.807) is 0 Å². The van der Waals surface area contributed by atoms with Crippen molar-refractivity contribution in [1.82, 2.24) is 15.1 Å². The molecule has 2 aliphatic heterocycles. The molecule has 9 nitrogen and oxygen atoms in total. The summed E-state index contributed by atoms with van der Waals surface area (Å²) in [4.78, 5) is 22.9. The standard InChI is InChI=1S/C17H25N3O2S.C2H2O4/c1-13(2)10-18-17(23)20-7-5-19(6-8-20)11-14-3-4-15-16(9-14)22-12-21-15;3-1(4)2(5)6/h3-4,9,13H,5-8,10-12H2,1-2H3,(H,18,23);(H,3,4)(H,5,6). The van der Waals surface area contributed by atoms with Crippen LogP contribution in [0.15, 0.2) is 18.2 Å². The second-order valence-electron chi connectivity index (χ2n) is 7.14. The van der Waals surface area contributed by atoms with E-state index < -0.39 is 11.9 Å². The van der Waals surface area contributed by atoms with Crippen LogP contribution in [0.4, 0.5) is 0 Å². The van der Waals surface area contributed by atoms with Gasteiger partial charge < -0.3 is 29.9 Å². The zero-order chi connectivity index (χ0) is 21.4. The smallest absolute Gasteiger partial charge is 0.414 e. The Labute approximate surface area is 175 Å². The van der Waals surface area contributed by atoms with Crippen LogP contribution in [0.3, 0.4) is 0 Å². The number of nitrogens with zero attached hydrogens (tertiary/aromatic N) is 2. The molecule has 0 unspecified atom stereocenters. The number of carbonyl (C=O) groups is 2. The number of ether oxygens (including phenoxy) is 2. The molecule has 3 rings (SSSR count). The summed E-state index contributed by atoms with van der Waals surface area (Å²) in [5.74, 6) is -1.33. The summed E-state index contributed by atoms with van der Waals surface area (Å²) in [5.41, 5.74) is 1.27. The maximum Gasteiger partial charge on any atom is 0.414 e. The van der Waals surface area contributed by atoms with Crippen molar-refractivity contribution in [1.29, 1.82) is 0 Å². The minimum absolute atomic E-state index is 0.332. The van der Waals surface area contributed by atoms with Crippen molar-refractivity contribution in [3.8, 4) is 11.5 Å². The molecule has 0 aliphatic carbocycles. The van der Waals surface area contributed by atoms with Gasteiger partial charge in [0.15, 0.2) is 16.6 Å². The fraction of sp³-hybridized carbons (Fsp3) is 0.526. The summed E-state index contributed by atoms with van der Waals surface area (Å²) in [7, 11) is 0. The third-order valence-corrected chi connectivity index (χ3v) is 4.75. The molecule has 1 saturated heterocycles. The average molecular weight is 426 g/mol. The lowest BCUT2D eigenvalue weighted by Gasteiger charge is -2.36. The fourth-order valence-corrected chi connectivity index (χ4v) is 3.08. The van der Waals surface area contributed by atoms with Crippen molar-refractivity contribution in [3.05, 3.63) is 23.8 Å². The average Bonchev–Trinajstić information content (AvgIpc) is 3.15. The second-order valence-corrected chi connectivity index (χ2v) is 7.53. The van der Waals surface area contributed by atoms with Crippen LogP contribution >= 0.6 is 12.2 Å². The van der Waals surface area contributed by atoms with Crippen LogP contribution in [0.2, 0.25) is 0 Å². The molecule has 0 radical (unpaired) electrons. The van der Waals surface area contributed by atoms with E-state index in [4.69, 9.17) is 41.5 Å². The first-order valence-electron chi connectivity index (χ1n) is 9.36. The van der Waals surface area contributed by atoms with Crippen LogP contribution in [-0.4, -0.2) is 76.6 Å². The van der Waals surface area contributed by atoms with E-state index in [0.29, 0.717) is 12.7 Å². The van der Waals surface area contributed by atoms with Gasteiger partial charge in [0.2, 0.25) is 6.79 Å². The molecule has 0 bridgehead atoms. The molecule has 2 heterocycles. The van der Waals surface area contributed by atoms with Crippen molar-refractivity contribution in [3.63, 3.8) is 0 Å². The molecular formula is C19H27N3O6S. The van der Waals surface area contributed by atoms with Crippen molar-refractivity contribution in [2.24, 2.45) is 5.92 Å². The van der Waals surface area contributed by atoms with E-state index in [9.17, 15) is 0 Å². The zero-order valence-corrected chi connectivity index (χ0v) is 17.4. The first kappa shape index (κ1) is 22.7. The largest absolute Gasteiger partial charge is 0.473 e. The highest BCUT2D eigenvalue weighted by atomic mass is 32.1. The zero-order valence-electron chi connectivity index (χ0n) is 16.6. The maximum atomic E-state index is 9.10. The van der Waals surface area contributed by atoms with Gasteiger partial charge in [0, 0.05) is 39.3 Å². The van der Waals surface area contributed by atoms with E-state index in [2.05, 4.69) is 41.1 Å². The Kier molecular flexibility index (Phi) is 8.47. The number of carboxylic acid groups (broad SMARTS) is 2. The quantitative estimate of drug-likeness (QED) is 0.481. The Hall–Kier alpha value is -2.59. The summed E-state index contributed by atoms with van der Waals surface area (Å²) < 4.78 is 10.8. The minimum Gasteiger partial charge on any atom is -0.473 e. The highest BCUT2D eigenvalue weighted by Gasteiger charge is 2.20. The Balaban J connectivity index is 0.000000438. The van der Waals surface area contributed by atoms with E-state index >= 15 is 0 Å². The first-order valence-corrected chi connectivity index (χ1v) is 9.77. The molecule has 0 spiro atoms. The molecular weight excluding hydrogens is 398 g/mol. The third kappa shape index (κ3) is 7.39. The van der Waals surface area contributed by atoms with E-state index in [-0.39, 0.29) is 0 Å². The topological polar surface area (TPSA) is 112 Å². The van der Waals surface area contributed by atoms with Crippen LogP contribution in [0.25, 0.3) is 0 Å². The van der Waals surface area contributed by atoms with Crippen molar-refractivity contribution < 1.29 is 29.3 Å². The minimum atomic E-state index is -1.82. The number of aliphatic carboxylic acids is 2. The summed E-state index contributed by atoms with van der Waals surface area (Å²) >= 11 is 5.48. The number of benzene rings is 1. The van der Waals surface area contributed by atoms with Gasteiger partial charge in [0.25, 0.3) is 0 Å². The summed E-state index contributed by atoms with van der Waals surface area (Å²) in [6.07, 6.45) is 0. The molecule has 0 aromatic heterocycles. The molecule has 0 amide bonds. The Morgan fingerprint density at radius 3 is 2.31 bits per heavy atom. The number of hydrogen-bond acceptors (Lipinski definition) is 6. The Bertz CT molecular complexity index is 723. The van der Waals surface area contributed by atoms with Crippen LogP contribution in [0, 0.1) is 5.92 Å². The van der Waals surface area contributed by atoms with E-state index in [0.717, 1.165) is 55.9 Å². The number of piperazine rings is 1. The van der Waals surface area contributed by atoms with Gasteiger partial charge in [-0.25, -0.2) is 9.59 Å². The van der Waals surface area contributed by atoms with E-state index in [1.807, 2.05) is 6.07 Å². The molecule has 1 aromatic carbocycles. The molecule has 160 valence electrons. The van der Waals surface area contributed by atoms with Crippen LogP contribution in [0.1, 0.15) is 19.4 Å². The van der Waals surface area contributed by atoms with Gasteiger partial charge in [-0.3, -0.25) is 4.90 Å². The van der Waals surface area contributed by atoms with Crippen LogP contribution in [0.5, 0.6) is 11.5 Å². The lowest BCUT2D eigenvalue weighted by molar-refractivity contribution is -0.159. The number of nitrogens with one attached hydrogen (secondary N) is 1. The van der Waals surface area contributed by atoms with Crippen molar-refractivity contribution >= 4 is 29.3 Å². The SMILES string of the molecule is CC(C)CNC(=S)N1CCN(Cc2ccc3c(c2)OCO3)CC1.O=C(O)C(=O)O. The van der Waals surface area contributed by atoms with Gasteiger partial charge in [-0.15, -0.1) is 0 Å². The lowest BCUT2D eigenvalue weighted by Crippen LogP contribution is -2.51. The number of fused-ring (bicyclic) bond motifs is 1. The van der Waals surface area contributed by atoms with Crippen molar-refractivity contribution in [2.75, 3.05) is 39.5 Å². The normalized spacial score (nSPS) is 15.5. The van der Waals surface area contributed by atoms with Gasteiger partial charge >= 0.3 is 11.9 Å². The van der Waals surface area contributed by atoms with E-state index in [1.165, 1.54) is 5.56 Å². The Morgan fingerprint density at radius 1 is 1.10 bits per heavy atom. The van der Waals surface area contributed by atoms with Gasteiger partial charge in [-0.1, -0.05) is 19.9 Å². The molecule has 10 heteroatoms. The lowest BCUT2D eigenvalue weighted by atomic mass is 10.1. The number of thiocarbonyl (C=S) groups is 1. The highest BCUT2D eigenvalue weighted by molar-refractivity contribution is 7.80.